The molecule has 20 heteroatoms. The van der Waals surface area contributed by atoms with Gasteiger partial charge in [0.05, 0.1) is 38.3 Å². The SMILES string of the molecule is CC(C)[C@H](NC(=O)CNC(=O)N1CCOCC1)C(=O)NN(Cc1ccc(F)cc1)C[C@@H](OC(=O)CN(C)C(=O)OCc1ccccc1)[C@@H](C(=O)[C@@H](NC(=O)OCc1ccccc1)C(C)C)C(N)c1ccccc1. The molecule has 1 aliphatic heterocycles. The Balaban J connectivity index is 1.49. The fourth-order valence-electron chi connectivity index (χ4n) is 7.85. The second-order valence-corrected chi connectivity index (χ2v) is 18.2. The first kappa shape index (κ1) is 56.5. The van der Waals surface area contributed by atoms with E-state index >= 15 is 4.79 Å². The number of ether oxygens (including phenoxy) is 4. The van der Waals surface area contributed by atoms with Crippen molar-refractivity contribution in [2.24, 2.45) is 23.5 Å². The van der Waals surface area contributed by atoms with Crippen LogP contribution in [0.5, 0.6) is 0 Å². The van der Waals surface area contributed by atoms with Gasteiger partial charge in [0, 0.05) is 32.7 Å². The minimum atomic E-state index is -1.56. The van der Waals surface area contributed by atoms with Gasteiger partial charge in [-0.25, -0.2) is 23.8 Å². The number of rotatable bonds is 24. The van der Waals surface area contributed by atoms with Gasteiger partial charge >= 0.3 is 24.2 Å². The number of carbonyl (C=O) groups is 7. The highest BCUT2D eigenvalue weighted by Crippen LogP contribution is 2.29. The van der Waals surface area contributed by atoms with Crippen LogP contribution in [0.1, 0.15) is 56.0 Å². The van der Waals surface area contributed by atoms with Crippen molar-refractivity contribution in [3.05, 3.63) is 143 Å². The number of hydrogen-bond donors (Lipinski definition) is 5. The molecular formula is C53H67FN8O11. The lowest BCUT2D eigenvalue weighted by atomic mass is 9.80. The summed E-state index contributed by atoms with van der Waals surface area (Å²) in [6.45, 7) is 6.31. The highest BCUT2D eigenvalue weighted by molar-refractivity contribution is 5.91. The summed E-state index contributed by atoms with van der Waals surface area (Å²) < 4.78 is 36.8. The zero-order valence-electron chi connectivity index (χ0n) is 41.9. The number of esters is 1. The maximum atomic E-state index is 15.4. The number of hydrazine groups is 1. The Morgan fingerprint density at radius 1 is 0.726 bits per heavy atom. The highest BCUT2D eigenvalue weighted by atomic mass is 19.1. The van der Waals surface area contributed by atoms with Crippen LogP contribution in [0.3, 0.4) is 0 Å². The smallest absolute Gasteiger partial charge is 0.410 e. The zero-order valence-corrected chi connectivity index (χ0v) is 41.9. The van der Waals surface area contributed by atoms with Crippen LogP contribution in [-0.2, 0) is 57.9 Å². The average Bonchev–Trinajstić information content (AvgIpc) is 3.38. The highest BCUT2D eigenvalue weighted by Gasteiger charge is 2.43. The minimum absolute atomic E-state index is 0.0828. The zero-order chi connectivity index (χ0) is 52.9. The number of Topliss-reactive ketones (excluding diaryl/α,β-unsaturated/α-hetero) is 1. The summed E-state index contributed by atoms with van der Waals surface area (Å²) in [7, 11) is 1.33. The van der Waals surface area contributed by atoms with Gasteiger partial charge in [-0.15, -0.1) is 0 Å². The Kier molecular flexibility index (Phi) is 22.1. The number of likely N-dealkylation sites (N-methyl/N-ethyl adjacent to an activating group) is 1. The molecule has 4 aromatic rings. The lowest BCUT2D eigenvalue weighted by Gasteiger charge is -2.37. The normalized spacial score (nSPS) is 14.5. The van der Waals surface area contributed by atoms with Gasteiger partial charge in [0.15, 0.2) is 5.78 Å². The number of halogens is 1. The van der Waals surface area contributed by atoms with Crippen LogP contribution < -0.4 is 27.1 Å². The van der Waals surface area contributed by atoms with E-state index in [0.717, 1.165) is 4.90 Å². The Hall–Kier alpha value is -7.42. The fourth-order valence-corrected chi connectivity index (χ4v) is 7.85. The molecule has 1 unspecified atom stereocenters. The molecule has 0 aromatic heterocycles. The molecule has 73 heavy (non-hydrogen) atoms. The van der Waals surface area contributed by atoms with Gasteiger partial charge in [-0.1, -0.05) is 131 Å². The van der Waals surface area contributed by atoms with E-state index in [9.17, 15) is 33.2 Å². The van der Waals surface area contributed by atoms with Crippen molar-refractivity contribution in [2.45, 2.75) is 71.7 Å². The minimum Gasteiger partial charge on any atom is -0.459 e. The van der Waals surface area contributed by atoms with Gasteiger partial charge in [-0.2, -0.15) is 0 Å². The summed E-state index contributed by atoms with van der Waals surface area (Å²) in [6, 6.07) is 27.6. The second kappa shape index (κ2) is 28.6. The van der Waals surface area contributed by atoms with E-state index in [1.54, 1.807) is 107 Å². The summed E-state index contributed by atoms with van der Waals surface area (Å²) in [5, 5.41) is 9.30. The van der Waals surface area contributed by atoms with Gasteiger partial charge in [0.25, 0.3) is 5.91 Å². The molecule has 5 rings (SSSR count). The molecule has 1 saturated heterocycles. The third-order valence-electron chi connectivity index (χ3n) is 11.8. The summed E-state index contributed by atoms with van der Waals surface area (Å²) in [4.78, 5) is 99.2. The van der Waals surface area contributed by atoms with E-state index in [2.05, 4.69) is 21.4 Å². The van der Waals surface area contributed by atoms with Gasteiger partial charge in [0.2, 0.25) is 5.91 Å². The third-order valence-corrected chi connectivity index (χ3v) is 11.8. The first-order valence-electron chi connectivity index (χ1n) is 24.1. The molecular weight excluding hydrogens is 944 g/mol. The first-order chi connectivity index (χ1) is 35.0. The van der Waals surface area contributed by atoms with Crippen LogP contribution in [0, 0.1) is 23.6 Å². The van der Waals surface area contributed by atoms with Gasteiger partial charge in [0.1, 0.15) is 37.7 Å². The predicted molar refractivity (Wildman–Crippen MR) is 267 cm³/mol. The molecule has 1 aliphatic rings. The molecule has 6 amide bonds. The number of alkyl carbamates (subject to hydrolysis) is 1. The van der Waals surface area contributed by atoms with E-state index in [4.69, 9.17) is 24.7 Å². The Morgan fingerprint density at radius 2 is 1.29 bits per heavy atom. The third kappa shape index (κ3) is 18.3. The number of hydrogen-bond acceptors (Lipinski definition) is 13. The molecule has 0 radical (unpaired) electrons. The van der Waals surface area contributed by atoms with E-state index in [0.29, 0.717) is 48.6 Å². The largest absolute Gasteiger partial charge is 0.459 e. The quantitative estimate of drug-likeness (QED) is 0.0359. The number of urea groups is 1. The lowest BCUT2D eigenvalue weighted by molar-refractivity contribution is -0.158. The van der Waals surface area contributed by atoms with Crippen LogP contribution >= 0.6 is 0 Å². The number of nitrogens with two attached hydrogens (primary N) is 1. The molecule has 0 bridgehead atoms. The molecule has 4 aromatic carbocycles. The number of carbonyl (C=O) groups excluding carboxylic acids is 7. The van der Waals surface area contributed by atoms with Crippen molar-refractivity contribution >= 4 is 41.8 Å². The Labute approximate surface area is 425 Å². The van der Waals surface area contributed by atoms with Gasteiger partial charge in [-0.05, 0) is 46.2 Å². The van der Waals surface area contributed by atoms with E-state index in [1.165, 1.54) is 41.2 Å². The molecule has 1 heterocycles. The molecule has 6 N–H and O–H groups in total. The van der Waals surface area contributed by atoms with E-state index < -0.39 is 109 Å². The topological polar surface area (TPSA) is 240 Å². The molecule has 19 nitrogen and oxygen atoms in total. The van der Waals surface area contributed by atoms with Gasteiger partial charge < -0.3 is 50.4 Å². The second-order valence-electron chi connectivity index (χ2n) is 18.2. The monoisotopic (exact) mass is 1010 g/mol. The van der Waals surface area contributed by atoms with Crippen molar-refractivity contribution in [3.63, 3.8) is 0 Å². The van der Waals surface area contributed by atoms with Crippen LogP contribution in [0.15, 0.2) is 115 Å². The average molecular weight is 1010 g/mol. The van der Waals surface area contributed by atoms with Crippen molar-refractivity contribution < 1.29 is 56.9 Å². The molecule has 5 atom stereocenters. The fraction of sp³-hybridized carbons (Fsp3) is 0.415. The Bertz CT molecular complexity index is 2410. The van der Waals surface area contributed by atoms with Crippen LogP contribution in [0.25, 0.3) is 0 Å². The molecule has 1 fully saturated rings. The van der Waals surface area contributed by atoms with Crippen LogP contribution in [0.4, 0.5) is 18.8 Å². The summed E-state index contributed by atoms with van der Waals surface area (Å²) in [6.07, 6.45) is -3.31. The molecule has 0 aliphatic carbocycles. The van der Waals surface area contributed by atoms with Crippen LogP contribution in [0.2, 0.25) is 0 Å². The number of nitrogens with zero attached hydrogens (tertiary/aromatic N) is 3. The van der Waals surface area contributed by atoms with Gasteiger partial charge in [-0.3, -0.25) is 24.6 Å². The van der Waals surface area contributed by atoms with Crippen LogP contribution in [-0.4, -0.2) is 128 Å². The maximum Gasteiger partial charge on any atom is 0.410 e. The number of nitrogens with one attached hydrogen (secondary N) is 4. The summed E-state index contributed by atoms with van der Waals surface area (Å²) in [5.74, 6) is -6.14. The number of amides is 6. The first-order valence-corrected chi connectivity index (χ1v) is 24.1. The summed E-state index contributed by atoms with van der Waals surface area (Å²) >= 11 is 0. The lowest BCUT2D eigenvalue weighted by Crippen LogP contribution is -2.59. The van der Waals surface area contributed by atoms with E-state index in [-0.39, 0.29) is 19.8 Å². The predicted octanol–water partition coefficient (Wildman–Crippen LogP) is 4.86. The maximum absolute atomic E-state index is 15.4. The Morgan fingerprint density at radius 3 is 1.86 bits per heavy atom. The molecule has 392 valence electrons. The van der Waals surface area contributed by atoms with Crippen molar-refractivity contribution in [3.8, 4) is 0 Å². The number of morpholine rings is 1. The van der Waals surface area contributed by atoms with Crippen molar-refractivity contribution in [1.29, 1.82) is 0 Å². The number of benzene rings is 4. The van der Waals surface area contributed by atoms with E-state index in [1.807, 2.05) is 12.1 Å². The number of ketones is 1. The molecule has 0 spiro atoms. The molecule has 0 saturated carbocycles. The van der Waals surface area contributed by atoms with Crippen molar-refractivity contribution in [2.75, 3.05) is 53.0 Å². The van der Waals surface area contributed by atoms with Crippen molar-refractivity contribution in [1.82, 2.24) is 36.2 Å². The summed E-state index contributed by atoms with van der Waals surface area (Å²) in [5.41, 5.74) is 12.2. The standard InChI is InChI=1S/C53H67FN8O11/c1-35(2)47(58-52(68)71-33-38-15-9-6-10-16-38)49(65)45(46(55)40-19-13-8-14-20-40)42(73-44(64)32-60(5)53(69)72-34-39-17-11-7-12-18-39)31-62(30-37-21-23-41(54)24-22-37)59-50(66)48(36(3)4)57-43(63)29-56-51(67)61-25-27-70-28-26-61/h6-24,35-36,42,45-48H,25-34,55H2,1-5H3,(H,56,67)(H,57,63)(H,58,68)(H,59,66)/t42-,45-,46?,47+,48+/m1/s1.